The lowest BCUT2D eigenvalue weighted by Gasteiger charge is -2.59. The molecule has 1 aliphatic carbocycles. The van der Waals surface area contributed by atoms with Gasteiger partial charge in [-0.1, -0.05) is 54.6 Å². The Morgan fingerprint density at radius 3 is 2.35 bits per heavy atom. The van der Waals surface area contributed by atoms with Crippen molar-refractivity contribution in [2.75, 3.05) is 66.2 Å². The number of carbonyl (C=O) groups excluding carboxylic acids is 2. The normalized spacial score (nSPS) is 21.6. The summed E-state index contributed by atoms with van der Waals surface area (Å²) in [5, 5.41) is 26.1. The molecule has 15 nitrogen and oxygen atoms in total. The van der Waals surface area contributed by atoms with E-state index in [1.54, 1.807) is 53.7 Å². The average molecular weight is 949 g/mol. The van der Waals surface area contributed by atoms with Crippen molar-refractivity contribution in [3.05, 3.63) is 99.1 Å². The summed E-state index contributed by atoms with van der Waals surface area (Å²) in [5.41, 5.74) is 8.57. The maximum Gasteiger partial charge on any atom is 0.408 e. The second-order valence-corrected chi connectivity index (χ2v) is 20.1. The number of likely N-dealkylation sites (N-methyl/N-ethyl adjacent to an activating group) is 1. The van der Waals surface area contributed by atoms with E-state index in [0.29, 0.717) is 71.5 Å². The zero-order chi connectivity index (χ0) is 48.0. The first-order chi connectivity index (χ1) is 32.8. The second kappa shape index (κ2) is 19.4. The molecule has 68 heavy (non-hydrogen) atoms. The third-order valence-electron chi connectivity index (χ3n) is 13.9. The van der Waals surface area contributed by atoms with Gasteiger partial charge in [0.2, 0.25) is 6.79 Å². The average Bonchev–Trinajstić information content (AvgIpc) is 3.93. The van der Waals surface area contributed by atoms with Crippen molar-refractivity contribution >= 4 is 23.8 Å². The van der Waals surface area contributed by atoms with E-state index >= 15 is 0 Å². The number of fused-ring (bicyclic) bond motifs is 12. The van der Waals surface area contributed by atoms with Gasteiger partial charge in [0.25, 0.3) is 0 Å². The van der Waals surface area contributed by atoms with Gasteiger partial charge in [-0.05, 0) is 87.9 Å². The number of phenolic OH excluding ortho intramolecular Hbond substituents is 1. The van der Waals surface area contributed by atoms with Crippen LogP contribution in [0.5, 0.6) is 28.7 Å². The van der Waals surface area contributed by atoms with E-state index in [9.17, 15) is 20.0 Å². The van der Waals surface area contributed by atoms with Gasteiger partial charge in [0.05, 0.1) is 38.5 Å². The molecule has 2 N–H and O–H groups in total. The van der Waals surface area contributed by atoms with Gasteiger partial charge in [0, 0.05) is 58.9 Å². The van der Waals surface area contributed by atoms with E-state index in [1.165, 1.54) is 22.3 Å². The monoisotopic (exact) mass is 948 g/mol. The molecule has 9 rings (SSSR count). The molecule has 4 aliphatic heterocycles. The third kappa shape index (κ3) is 8.57. The number of methoxy groups -OCH3 is 2. The van der Waals surface area contributed by atoms with E-state index in [4.69, 9.17) is 37.9 Å². The second-order valence-electron chi connectivity index (χ2n) is 19.0. The number of esters is 1. The molecule has 4 heterocycles. The van der Waals surface area contributed by atoms with Gasteiger partial charge in [0.15, 0.2) is 29.8 Å². The number of nitrogens with zero attached hydrogens (tertiary/aromatic N) is 3. The van der Waals surface area contributed by atoms with E-state index in [0.717, 1.165) is 16.7 Å². The van der Waals surface area contributed by atoms with Gasteiger partial charge in [-0.3, -0.25) is 9.80 Å². The fraction of sp³-hybridized carbons (Fsp3) is 0.481. The number of thioether (sulfide) groups is 1. The fourth-order valence-corrected chi connectivity index (χ4v) is 12.2. The summed E-state index contributed by atoms with van der Waals surface area (Å²) >= 11 is 1.55. The molecule has 1 amide bonds. The minimum Gasteiger partial charge on any atom is -0.507 e. The Kier molecular flexibility index (Phi) is 13.5. The Balaban J connectivity index is 1.06. The predicted molar refractivity (Wildman–Crippen MR) is 255 cm³/mol. The number of alkyl carbamates (subject to hydrolysis) is 1. The number of piperazine rings is 1. The summed E-state index contributed by atoms with van der Waals surface area (Å²) < 4.78 is 47.6. The number of hydrogen-bond donors (Lipinski definition) is 2. The summed E-state index contributed by atoms with van der Waals surface area (Å²) in [7, 11) is 5.24. The zero-order valence-electron chi connectivity index (χ0n) is 39.9. The molecule has 4 aromatic rings. The van der Waals surface area contributed by atoms with Crippen LogP contribution in [-0.4, -0.2) is 123 Å². The molecule has 0 spiro atoms. The molecule has 6 atom stereocenters. The molecule has 2 bridgehead atoms. The van der Waals surface area contributed by atoms with Gasteiger partial charge in [-0.2, -0.15) is 17.0 Å². The van der Waals surface area contributed by atoms with Crippen molar-refractivity contribution in [2.45, 2.75) is 95.2 Å². The van der Waals surface area contributed by atoms with Crippen LogP contribution in [0.1, 0.15) is 83.3 Å². The number of nitriles is 1. The Hall–Kier alpha value is -5.70. The summed E-state index contributed by atoms with van der Waals surface area (Å²) in [6, 6.07) is 17.8. The van der Waals surface area contributed by atoms with Crippen LogP contribution < -0.4 is 24.3 Å². The van der Waals surface area contributed by atoms with Crippen molar-refractivity contribution in [1.29, 1.82) is 5.26 Å². The van der Waals surface area contributed by atoms with Crippen molar-refractivity contribution < 1.29 is 52.6 Å². The van der Waals surface area contributed by atoms with Crippen LogP contribution in [0.3, 0.4) is 0 Å². The number of hydrogen-bond acceptors (Lipinski definition) is 15. The molecule has 4 aromatic carbocycles. The molecular formula is C52H60N4O11S. The van der Waals surface area contributed by atoms with Crippen LogP contribution in [0.4, 0.5) is 4.79 Å². The lowest BCUT2D eigenvalue weighted by atomic mass is 9.71. The number of phenols is 1. The largest absolute Gasteiger partial charge is 0.507 e. The summed E-state index contributed by atoms with van der Waals surface area (Å²) in [4.78, 5) is 32.4. The summed E-state index contributed by atoms with van der Waals surface area (Å²) in [6.07, 6.45) is 0.0853. The van der Waals surface area contributed by atoms with Gasteiger partial charge < -0.3 is 48.3 Å². The highest BCUT2D eigenvalue weighted by Gasteiger charge is 2.57. The highest BCUT2D eigenvalue weighted by atomic mass is 32.2. The van der Waals surface area contributed by atoms with Gasteiger partial charge >= 0.3 is 12.1 Å². The molecule has 1 saturated heterocycles. The molecule has 1 fully saturated rings. The molecule has 16 heteroatoms. The van der Waals surface area contributed by atoms with Crippen LogP contribution in [-0.2, 0) is 36.6 Å². The van der Waals surface area contributed by atoms with Crippen LogP contribution in [0.2, 0.25) is 0 Å². The Labute approximate surface area is 401 Å². The van der Waals surface area contributed by atoms with Crippen LogP contribution >= 0.6 is 11.8 Å². The first-order valence-corrected chi connectivity index (χ1v) is 24.3. The molecule has 5 aliphatic rings. The van der Waals surface area contributed by atoms with Crippen molar-refractivity contribution in [1.82, 2.24) is 15.1 Å². The highest BCUT2D eigenvalue weighted by Crippen LogP contribution is 2.58. The Morgan fingerprint density at radius 2 is 1.68 bits per heavy atom. The maximum atomic E-state index is 14.7. The van der Waals surface area contributed by atoms with E-state index in [2.05, 4.69) is 51.5 Å². The van der Waals surface area contributed by atoms with E-state index in [-0.39, 0.29) is 49.7 Å². The van der Waals surface area contributed by atoms with Crippen molar-refractivity contribution in [2.24, 2.45) is 0 Å². The van der Waals surface area contributed by atoms with E-state index < -0.39 is 41.8 Å². The van der Waals surface area contributed by atoms with Crippen molar-refractivity contribution in [3.8, 4) is 45.9 Å². The zero-order valence-corrected chi connectivity index (χ0v) is 40.7. The number of ether oxygens (including phenoxy) is 8. The number of nitrogens with one attached hydrogen (secondary N) is 1. The predicted octanol–water partition coefficient (Wildman–Crippen LogP) is 7.50. The summed E-state index contributed by atoms with van der Waals surface area (Å²) in [6.45, 7) is 9.45. The SMILES string of the molecule is COCCOCOc1c(OC)c(C)cc2c1[C@H]1C3Cc4c(O)c(C)c5c(c4[C@H](COC(=O)[C@@H](CSCC4c6ccccc6-c6ccccc64)NC(=O)OC(C)(C)C)N3[C@@H](C#N)[C@H](C2)N1C)OCO5. The summed E-state index contributed by atoms with van der Waals surface area (Å²) in [5.74, 6) is 2.30. The number of rotatable bonds is 15. The molecule has 0 saturated carbocycles. The van der Waals surface area contributed by atoms with Gasteiger partial charge in [0.1, 0.15) is 30.0 Å². The van der Waals surface area contributed by atoms with Crippen LogP contribution in [0.15, 0.2) is 54.6 Å². The number of carbonyl (C=O) groups is 2. The molecule has 1 unspecified atom stereocenters. The Morgan fingerprint density at radius 1 is 0.971 bits per heavy atom. The molecular weight excluding hydrogens is 889 g/mol. The highest BCUT2D eigenvalue weighted by molar-refractivity contribution is 7.99. The van der Waals surface area contributed by atoms with Gasteiger partial charge in [-0.25, -0.2) is 9.59 Å². The topological polar surface area (TPSA) is 171 Å². The number of aryl methyl sites for hydroxylation is 1. The smallest absolute Gasteiger partial charge is 0.408 e. The third-order valence-corrected chi connectivity index (χ3v) is 15.0. The van der Waals surface area contributed by atoms with Crippen LogP contribution in [0.25, 0.3) is 11.1 Å². The van der Waals surface area contributed by atoms with Crippen molar-refractivity contribution in [3.63, 3.8) is 0 Å². The number of aromatic hydroxyl groups is 1. The molecule has 0 radical (unpaired) electrons. The Bertz CT molecular complexity index is 2580. The molecule has 360 valence electrons. The van der Waals surface area contributed by atoms with Crippen LogP contribution in [0, 0.1) is 25.2 Å². The lowest BCUT2D eigenvalue weighted by Crippen LogP contribution is -2.68. The van der Waals surface area contributed by atoms with E-state index in [1.807, 2.05) is 38.2 Å². The quantitative estimate of drug-likeness (QED) is 0.0682. The minimum atomic E-state index is -1.09. The fourth-order valence-electron chi connectivity index (χ4n) is 11.0. The lowest BCUT2D eigenvalue weighted by molar-refractivity contribution is -0.151. The van der Waals surface area contributed by atoms with Gasteiger partial charge in [-0.15, -0.1) is 0 Å². The minimum absolute atomic E-state index is 0.0480. The molecule has 0 aromatic heterocycles. The first kappa shape index (κ1) is 47.4. The number of benzene rings is 4. The maximum absolute atomic E-state index is 14.7. The standard InChI is InChI=1S/C52H60N4O11S/c1-28-19-30-20-38-40(22-53)56-39(44(55(38)6)42(30)48(46(28)61-8)64-26-62-18-17-60-7)21-35-43(49-47(65-27-66-49)29(2)45(35)57)41(56)23-63-50(58)37(54-51(59)67-52(3,4)5)25-68-24-36-33-15-11-9-13-31(33)32-14-10-12-16-34(32)36/h9-16,19,36-41,44,57H,17-18,20-21,23-27H2,1-8H3,(H,54,59)/t37-,38+,39?,40+,41+,44-/m1/s1. The number of amides is 1. The first-order valence-electron chi connectivity index (χ1n) is 23.1.